The highest BCUT2D eigenvalue weighted by molar-refractivity contribution is 7.17. The molecule has 0 fully saturated rings. The molecule has 1 aromatic carbocycles. The highest BCUT2D eigenvalue weighted by atomic mass is 32.1. The maximum Gasteiger partial charge on any atom is 0.251 e. The fraction of sp³-hybridized carbons (Fsp3) is 0.250. The van der Waals surface area contributed by atoms with Crippen molar-refractivity contribution in [3.05, 3.63) is 65.3 Å². The van der Waals surface area contributed by atoms with Gasteiger partial charge in [0, 0.05) is 35.4 Å². The number of carbonyl (C=O) groups is 2. The van der Waals surface area contributed by atoms with E-state index in [1.807, 2.05) is 60.3 Å². The Kier molecular flexibility index (Phi) is 5.63. The van der Waals surface area contributed by atoms with Crippen LogP contribution in [0.2, 0.25) is 0 Å². The number of nitrogens with one attached hydrogen (secondary N) is 1. The summed E-state index contributed by atoms with van der Waals surface area (Å²) in [7, 11) is 0. The second kappa shape index (κ2) is 8.10. The molecular formula is C20H21N3O2S. The maximum absolute atomic E-state index is 12.4. The molecule has 1 N–H and O–H groups in total. The Morgan fingerprint density at radius 1 is 1.19 bits per heavy atom. The van der Waals surface area contributed by atoms with Crippen LogP contribution in [0.5, 0.6) is 0 Å². The van der Waals surface area contributed by atoms with Crippen LogP contribution in [-0.2, 0) is 6.54 Å². The van der Waals surface area contributed by atoms with Gasteiger partial charge in [-0.15, -0.1) is 11.3 Å². The summed E-state index contributed by atoms with van der Waals surface area (Å²) in [5, 5.41) is 7.18. The van der Waals surface area contributed by atoms with E-state index in [2.05, 4.69) is 10.4 Å². The first-order valence-corrected chi connectivity index (χ1v) is 9.34. The van der Waals surface area contributed by atoms with Crippen molar-refractivity contribution in [2.75, 3.05) is 0 Å². The molecule has 0 saturated heterocycles. The molecule has 1 atom stereocenters. The lowest BCUT2D eigenvalue weighted by Crippen LogP contribution is -2.33. The normalized spacial score (nSPS) is 11.9. The second-order valence-corrected chi connectivity index (χ2v) is 7.31. The van der Waals surface area contributed by atoms with Gasteiger partial charge in [0.2, 0.25) is 0 Å². The van der Waals surface area contributed by atoms with Crippen molar-refractivity contribution < 1.29 is 9.59 Å². The van der Waals surface area contributed by atoms with Crippen LogP contribution in [0, 0.1) is 0 Å². The summed E-state index contributed by atoms with van der Waals surface area (Å²) in [6.07, 6.45) is 4.47. The summed E-state index contributed by atoms with van der Waals surface area (Å²) >= 11 is 1.47. The Hall–Kier alpha value is -2.73. The van der Waals surface area contributed by atoms with Crippen molar-refractivity contribution in [1.82, 2.24) is 15.1 Å². The van der Waals surface area contributed by atoms with Gasteiger partial charge < -0.3 is 5.32 Å². The third-order valence-corrected chi connectivity index (χ3v) is 5.35. The zero-order chi connectivity index (χ0) is 18.5. The van der Waals surface area contributed by atoms with Crippen LogP contribution >= 0.6 is 11.3 Å². The predicted molar refractivity (Wildman–Crippen MR) is 104 cm³/mol. The van der Waals surface area contributed by atoms with Gasteiger partial charge in [0.05, 0.1) is 4.88 Å². The molecule has 0 aliphatic heterocycles. The lowest BCUT2D eigenvalue weighted by Gasteiger charge is -2.14. The summed E-state index contributed by atoms with van der Waals surface area (Å²) in [5.41, 5.74) is 1.63. The van der Waals surface area contributed by atoms with Crippen LogP contribution in [0.3, 0.4) is 0 Å². The molecule has 0 spiro atoms. The summed E-state index contributed by atoms with van der Waals surface area (Å²) in [5.74, 6) is -0.0125. The summed E-state index contributed by atoms with van der Waals surface area (Å²) < 4.78 is 1.85. The quantitative estimate of drug-likeness (QED) is 0.642. The van der Waals surface area contributed by atoms with Crippen molar-refractivity contribution in [3.8, 4) is 10.4 Å². The average Bonchev–Trinajstić information content (AvgIpc) is 3.32. The van der Waals surface area contributed by atoms with Gasteiger partial charge in [-0.2, -0.15) is 5.10 Å². The molecule has 3 rings (SSSR count). The highest BCUT2D eigenvalue weighted by Gasteiger charge is 2.11. The van der Waals surface area contributed by atoms with Gasteiger partial charge in [-0.1, -0.05) is 12.1 Å². The Morgan fingerprint density at radius 3 is 2.58 bits per heavy atom. The number of thiophene rings is 1. The number of nitrogens with zero attached hydrogens (tertiary/aromatic N) is 2. The van der Waals surface area contributed by atoms with Crippen LogP contribution < -0.4 is 5.32 Å². The molecule has 6 heteroatoms. The molecule has 0 aliphatic rings. The van der Waals surface area contributed by atoms with Crippen molar-refractivity contribution in [1.29, 1.82) is 0 Å². The van der Waals surface area contributed by atoms with Crippen molar-refractivity contribution >= 4 is 23.0 Å². The SMILES string of the molecule is CC(=O)c1ccc(-c2ccc(C(=O)N[C@@H](C)CCn3cccn3)cc2)s1. The largest absolute Gasteiger partial charge is 0.350 e. The molecule has 0 unspecified atom stereocenters. The van der Waals surface area contributed by atoms with Gasteiger partial charge in [0.1, 0.15) is 0 Å². The molecule has 0 saturated carbocycles. The first-order chi connectivity index (χ1) is 12.5. The van der Waals surface area contributed by atoms with Crippen LogP contribution in [-0.4, -0.2) is 27.5 Å². The van der Waals surface area contributed by atoms with E-state index in [-0.39, 0.29) is 17.7 Å². The van der Waals surface area contributed by atoms with Gasteiger partial charge >= 0.3 is 0 Å². The fourth-order valence-corrected chi connectivity index (χ4v) is 3.51. The van der Waals surface area contributed by atoms with E-state index in [0.717, 1.165) is 28.3 Å². The monoisotopic (exact) mass is 367 g/mol. The van der Waals surface area contributed by atoms with E-state index in [1.165, 1.54) is 11.3 Å². The highest BCUT2D eigenvalue weighted by Crippen LogP contribution is 2.28. The number of rotatable bonds is 7. The minimum atomic E-state index is -0.0832. The number of benzene rings is 1. The maximum atomic E-state index is 12.4. The standard InChI is InChI=1S/C20H21N3O2S/c1-14(10-13-23-12-3-11-21-23)22-20(25)17-6-4-16(5-7-17)19-9-8-18(26-19)15(2)24/h3-9,11-12,14H,10,13H2,1-2H3,(H,22,25)/t14-/m0/s1. The van der Waals surface area contributed by atoms with Gasteiger partial charge in [-0.05, 0) is 56.2 Å². The number of aryl methyl sites for hydroxylation is 1. The zero-order valence-corrected chi connectivity index (χ0v) is 15.6. The fourth-order valence-electron chi connectivity index (χ4n) is 2.61. The van der Waals surface area contributed by atoms with E-state index in [4.69, 9.17) is 0 Å². The van der Waals surface area contributed by atoms with E-state index in [0.29, 0.717) is 5.56 Å². The van der Waals surface area contributed by atoms with Crippen LogP contribution in [0.25, 0.3) is 10.4 Å². The molecule has 5 nitrogen and oxygen atoms in total. The van der Waals surface area contributed by atoms with Gasteiger partial charge in [-0.25, -0.2) is 0 Å². The minimum Gasteiger partial charge on any atom is -0.350 e. The topological polar surface area (TPSA) is 64.0 Å². The van der Waals surface area contributed by atoms with Gasteiger partial charge in [0.15, 0.2) is 5.78 Å². The molecule has 0 aliphatic carbocycles. The molecule has 1 amide bonds. The summed E-state index contributed by atoms with van der Waals surface area (Å²) in [6, 6.07) is 13.2. The van der Waals surface area contributed by atoms with Crippen molar-refractivity contribution in [2.45, 2.75) is 32.9 Å². The van der Waals surface area contributed by atoms with Crippen LogP contribution in [0.4, 0.5) is 0 Å². The third-order valence-electron chi connectivity index (χ3n) is 4.11. The average molecular weight is 367 g/mol. The Labute approximate surface area is 156 Å². The number of ketones is 1. The molecule has 0 radical (unpaired) electrons. The first kappa shape index (κ1) is 18.1. The number of carbonyl (C=O) groups excluding carboxylic acids is 2. The second-order valence-electron chi connectivity index (χ2n) is 6.23. The third kappa shape index (κ3) is 4.46. The molecule has 134 valence electrons. The number of amides is 1. The molecule has 2 aromatic heterocycles. The lowest BCUT2D eigenvalue weighted by molar-refractivity contribution is 0.0936. The van der Waals surface area contributed by atoms with Crippen molar-refractivity contribution in [3.63, 3.8) is 0 Å². The van der Waals surface area contributed by atoms with Crippen LogP contribution in [0.15, 0.2) is 54.9 Å². The van der Waals surface area contributed by atoms with Gasteiger partial charge in [-0.3, -0.25) is 14.3 Å². The zero-order valence-electron chi connectivity index (χ0n) is 14.8. The first-order valence-electron chi connectivity index (χ1n) is 8.52. The predicted octanol–water partition coefficient (Wildman–Crippen LogP) is 4.02. The summed E-state index contributed by atoms with van der Waals surface area (Å²) in [4.78, 5) is 25.6. The van der Waals surface area contributed by atoms with Crippen LogP contribution in [0.1, 0.15) is 40.3 Å². The number of hydrogen-bond acceptors (Lipinski definition) is 4. The van der Waals surface area contributed by atoms with E-state index < -0.39 is 0 Å². The molecular weight excluding hydrogens is 346 g/mol. The molecule has 3 aromatic rings. The molecule has 26 heavy (non-hydrogen) atoms. The molecule has 2 heterocycles. The van der Waals surface area contributed by atoms with E-state index >= 15 is 0 Å². The van der Waals surface area contributed by atoms with E-state index in [1.54, 1.807) is 13.1 Å². The number of aromatic nitrogens is 2. The Bertz CT molecular complexity index is 882. The van der Waals surface area contributed by atoms with E-state index in [9.17, 15) is 9.59 Å². The smallest absolute Gasteiger partial charge is 0.251 e. The number of hydrogen-bond donors (Lipinski definition) is 1. The Morgan fingerprint density at radius 2 is 1.96 bits per heavy atom. The Balaban J connectivity index is 1.58. The van der Waals surface area contributed by atoms with Gasteiger partial charge in [0.25, 0.3) is 5.91 Å². The lowest BCUT2D eigenvalue weighted by atomic mass is 10.1. The summed E-state index contributed by atoms with van der Waals surface area (Å²) in [6.45, 7) is 4.32. The van der Waals surface area contributed by atoms with Crippen molar-refractivity contribution in [2.24, 2.45) is 0 Å². The minimum absolute atomic E-state index is 0.0572. The molecule has 0 bridgehead atoms. The number of Topliss-reactive ketones (excluding diaryl/α,β-unsaturated/α-hetero) is 1.